The summed E-state index contributed by atoms with van der Waals surface area (Å²) in [5.41, 5.74) is 0.857. The molecule has 15 heavy (non-hydrogen) atoms. The molecule has 0 radical (unpaired) electrons. The molecule has 1 aliphatic heterocycles. The Balaban J connectivity index is 2.22. The van der Waals surface area contributed by atoms with Crippen molar-refractivity contribution in [2.24, 2.45) is 0 Å². The summed E-state index contributed by atoms with van der Waals surface area (Å²) in [5, 5.41) is 12.0. The van der Waals surface area contributed by atoms with Crippen molar-refractivity contribution in [2.75, 3.05) is 19.8 Å². The van der Waals surface area contributed by atoms with Crippen molar-refractivity contribution in [3.05, 3.63) is 22.7 Å². The minimum Gasteiger partial charge on any atom is -0.378 e. The molecule has 1 unspecified atom stereocenters. The van der Waals surface area contributed by atoms with E-state index in [4.69, 9.17) is 21.6 Å². The second kappa shape index (κ2) is 4.53. The number of ether oxygens (including phenoxy) is 1. The zero-order valence-electron chi connectivity index (χ0n) is 7.90. The van der Waals surface area contributed by atoms with Gasteiger partial charge in [0.25, 0.3) is 0 Å². The largest absolute Gasteiger partial charge is 0.378 e. The molecule has 1 fully saturated rings. The minimum atomic E-state index is 0.0106. The SMILES string of the molecule is N#Cc1ncc(C2COCCN2)nc1Cl. The summed E-state index contributed by atoms with van der Waals surface area (Å²) in [7, 11) is 0. The quantitative estimate of drug-likeness (QED) is 0.759. The molecule has 2 heterocycles. The number of hydrogen-bond donors (Lipinski definition) is 1. The van der Waals surface area contributed by atoms with Gasteiger partial charge in [0.2, 0.25) is 0 Å². The average molecular weight is 225 g/mol. The van der Waals surface area contributed by atoms with Gasteiger partial charge in [-0.3, -0.25) is 0 Å². The highest BCUT2D eigenvalue weighted by Gasteiger charge is 2.18. The van der Waals surface area contributed by atoms with Crippen molar-refractivity contribution in [3.8, 4) is 6.07 Å². The van der Waals surface area contributed by atoms with E-state index in [2.05, 4.69) is 15.3 Å². The molecule has 0 amide bonds. The second-order valence-electron chi connectivity index (χ2n) is 3.13. The maximum absolute atomic E-state index is 8.64. The number of nitrogens with one attached hydrogen (secondary N) is 1. The monoisotopic (exact) mass is 224 g/mol. The first kappa shape index (κ1) is 10.3. The number of morpholine rings is 1. The highest BCUT2D eigenvalue weighted by atomic mass is 35.5. The Labute approximate surface area is 92.0 Å². The summed E-state index contributed by atoms with van der Waals surface area (Å²) in [5.74, 6) is 0. The van der Waals surface area contributed by atoms with Crippen LogP contribution in [0.15, 0.2) is 6.20 Å². The molecule has 78 valence electrons. The fourth-order valence-electron chi connectivity index (χ4n) is 1.38. The summed E-state index contributed by atoms with van der Waals surface area (Å²) in [6.45, 7) is 2.04. The van der Waals surface area contributed by atoms with Crippen molar-refractivity contribution >= 4 is 11.6 Å². The molecule has 5 nitrogen and oxygen atoms in total. The fourth-order valence-corrected chi connectivity index (χ4v) is 1.57. The van der Waals surface area contributed by atoms with Gasteiger partial charge in [0.05, 0.1) is 31.1 Å². The normalized spacial score (nSPS) is 20.9. The van der Waals surface area contributed by atoms with Gasteiger partial charge in [-0.1, -0.05) is 11.6 Å². The third kappa shape index (κ3) is 2.23. The number of rotatable bonds is 1. The average Bonchev–Trinajstić information content (AvgIpc) is 2.30. The Bertz CT molecular complexity index is 398. The van der Waals surface area contributed by atoms with E-state index in [0.29, 0.717) is 18.9 Å². The van der Waals surface area contributed by atoms with Crippen LogP contribution in [0.2, 0.25) is 5.15 Å². The van der Waals surface area contributed by atoms with Crippen LogP contribution < -0.4 is 5.32 Å². The van der Waals surface area contributed by atoms with Gasteiger partial charge in [-0.2, -0.15) is 5.26 Å². The Morgan fingerprint density at radius 2 is 2.53 bits per heavy atom. The van der Waals surface area contributed by atoms with Crippen molar-refractivity contribution < 1.29 is 4.74 Å². The lowest BCUT2D eigenvalue weighted by Gasteiger charge is -2.22. The standard InChI is InChI=1S/C9H9ClN4O/c10-9-6(3-11)13-4-7(14-9)8-5-15-2-1-12-8/h4,8,12H,1-2,5H2. The van der Waals surface area contributed by atoms with E-state index in [1.54, 1.807) is 6.20 Å². The van der Waals surface area contributed by atoms with Crippen LogP contribution in [-0.4, -0.2) is 29.7 Å². The molecule has 1 atom stereocenters. The van der Waals surface area contributed by atoms with Crippen LogP contribution in [0.1, 0.15) is 17.4 Å². The first-order valence-corrected chi connectivity index (χ1v) is 4.92. The van der Waals surface area contributed by atoms with E-state index in [1.807, 2.05) is 6.07 Å². The van der Waals surface area contributed by atoms with Gasteiger partial charge in [-0.25, -0.2) is 9.97 Å². The second-order valence-corrected chi connectivity index (χ2v) is 3.49. The number of halogens is 1. The Morgan fingerprint density at radius 1 is 1.67 bits per heavy atom. The van der Waals surface area contributed by atoms with Crippen LogP contribution in [0.25, 0.3) is 0 Å². The van der Waals surface area contributed by atoms with E-state index >= 15 is 0 Å². The summed E-state index contributed by atoms with van der Waals surface area (Å²) in [4.78, 5) is 8.03. The molecule has 1 N–H and O–H groups in total. The Kier molecular flexibility index (Phi) is 3.11. The zero-order chi connectivity index (χ0) is 10.7. The van der Waals surface area contributed by atoms with Gasteiger partial charge in [-0.15, -0.1) is 0 Å². The van der Waals surface area contributed by atoms with Crippen molar-refractivity contribution in [2.45, 2.75) is 6.04 Å². The molecule has 1 aliphatic rings. The molecule has 6 heteroatoms. The van der Waals surface area contributed by atoms with Gasteiger partial charge < -0.3 is 10.1 Å². The molecule has 0 aromatic carbocycles. The van der Waals surface area contributed by atoms with E-state index in [1.165, 1.54) is 0 Å². The molecule has 1 aromatic heterocycles. The topological polar surface area (TPSA) is 70.8 Å². The van der Waals surface area contributed by atoms with E-state index in [9.17, 15) is 0 Å². The molecular weight excluding hydrogens is 216 g/mol. The summed E-state index contributed by atoms with van der Waals surface area (Å²) in [6.07, 6.45) is 1.55. The highest BCUT2D eigenvalue weighted by Crippen LogP contribution is 2.16. The minimum absolute atomic E-state index is 0.0106. The Hall–Kier alpha value is -1.22. The summed E-state index contributed by atoms with van der Waals surface area (Å²) < 4.78 is 5.29. The zero-order valence-corrected chi connectivity index (χ0v) is 8.66. The molecule has 0 bridgehead atoms. The number of nitriles is 1. The first-order valence-electron chi connectivity index (χ1n) is 4.55. The molecule has 0 aliphatic carbocycles. The highest BCUT2D eigenvalue weighted by molar-refractivity contribution is 6.30. The fraction of sp³-hybridized carbons (Fsp3) is 0.444. The van der Waals surface area contributed by atoms with Crippen LogP contribution in [0.3, 0.4) is 0 Å². The van der Waals surface area contributed by atoms with Crippen LogP contribution >= 0.6 is 11.6 Å². The van der Waals surface area contributed by atoms with Crippen LogP contribution in [0.4, 0.5) is 0 Å². The van der Waals surface area contributed by atoms with E-state index < -0.39 is 0 Å². The molecule has 0 spiro atoms. The van der Waals surface area contributed by atoms with Gasteiger partial charge >= 0.3 is 0 Å². The van der Waals surface area contributed by atoms with Crippen LogP contribution in [-0.2, 0) is 4.74 Å². The van der Waals surface area contributed by atoms with E-state index in [-0.39, 0.29) is 16.9 Å². The number of nitrogens with zero attached hydrogens (tertiary/aromatic N) is 3. The predicted molar refractivity (Wildman–Crippen MR) is 53.3 cm³/mol. The van der Waals surface area contributed by atoms with Gasteiger partial charge in [-0.05, 0) is 0 Å². The summed E-state index contributed by atoms with van der Waals surface area (Å²) in [6, 6.07) is 1.88. The molecular formula is C9H9ClN4O. The lowest BCUT2D eigenvalue weighted by atomic mass is 10.2. The van der Waals surface area contributed by atoms with Crippen molar-refractivity contribution in [3.63, 3.8) is 0 Å². The van der Waals surface area contributed by atoms with Crippen LogP contribution in [0, 0.1) is 11.3 Å². The van der Waals surface area contributed by atoms with E-state index in [0.717, 1.165) is 6.54 Å². The van der Waals surface area contributed by atoms with Crippen molar-refractivity contribution in [1.82, 2.24) is 15.3 Å². The third-order valence-electron chi connectivity index (χ3n) is 2.13. The lowest BCUT2D eigenvalue weighted by molar-refractivity contribution is 0.0755. The molecule has 1 aromatic rings. The maximum Gasteiger partial charge on any atom is 0.177 e. The van der Waals surface area contributed by atoms with Gasteiger partial charge in [0, 0.05) is 6.54 Å². The first-order chi connectivity index (χ1) is 7.31. The van der Waals surface area contributed by atoms with Crippen LogP contribution in [0.5, 0.6) is 0 Å². The number of aromatic nitrogens is 2. The van der Waals surface area contributed by atoms with Crippen molar-refractivity contribution in [1.29, 1.82) is 5.26 Å². The molecule has 2 rings (SSSR count). The maximum atomic E-state index is 8.64. The molecule has 0 saturated carbocycles. The number of hydrogen-bond acceptors (Lipinski definition) is 5. The predicted octanol–water partition coefficient (Wildman–Crippen LogP) is 0.663. The molecule has 1 saturated heterocycles. The Morgan fingerprint density at radius 3 is 3.13 bits per heavy atom. The summed E-state index contributed by atoms with van der Waals surface area (Å²) >= 11 is 5.78. The smallest absolute Gasteiger partial charge is 0.177 e. The van der Waals surface area contributed by atoms with Gasteiger partial charge in [0.15, 0.2) is 10.8 Å². The lowest BCUT2D eigenvalue weighted by Crippen LogP contribution is -2.35. The van der Waals surface area contributed by atoms with Gasteiger partial charge in [0.1, 0.15) is 6.07 Å². The third-order valence-corrected chi connectivity index (χ3v) is 2.40.